The molecule has 5 nitrogen and oxygen atoms in total. The minimum absolute atomic E-state index is 0.215. The van der Waals surface area contributed by atoms with Crippen LogP contribution in [0.5, 0.6) is 5.75 Å². The van der Waals surface area contributed by atoms with Crippen LogP contribution in [0.25, 0.3) is 16.9 Å². The number of nitrogens with zero attached hydrogens (tertiary/aromatic N) is 2. The summed E-state index contributed by atoms with van der Waals surface area (Å²) < 4.78 is 6.93. The number of ether oxygens (including phenoxy) is 1. The first-order valence-corrected chi connectivity index (χ1v) is 9.73. The van der Waals surface area contributed by atoms with E-state index in [1.165, 1.54) is 0 Å². The molecule has 3 aromatic carbocycles. The largest absolute Gasteiger partial charge is 0.497 e. The van der Waals surface area contributed by atoms with Crippen molar-refractivity contribution in [3.05, 3.63) is 95.7 Å². The minimum atomic E-state index is -0.215. The third kappa shape index (κ3) is 4.10. The van der Waals surface area contributed by atoms with Crippen molar-refractivity contribution in [3.8, 4) is 22.7 Å². The summed E-state index contributed by atoms with van der Waals surface area (Å²) in [5.74, 6) is 0.557. The Labute approximate surface area is 175 Å². The first-order valence-electron chi connectivity index (χ1n) is 9.73. The second-order valence-electron chi connectivity index (χ2n) is 7.21. The molecule has 0 saturated carbocycles. The van der Waals surface area contributed by atoms with E-state index in [0.717, 1.165) is 33.8 Å². The van der Waals surface area contributed by atoms with E-state index in [9.17, 15) is 4.79 Å². The van der Waals surface area contributed by atoms with Gasteiger partial charge in [-0.2, -0.15) is 5.10 Å². The fraction of sp³-hybridized carbons (Fsp3) is 0.120. The molecule has 30 heavy (non-hydrogen) atoms. The van der Waals surface area contributed by atoms with Gasteiger partial charge in [0.2, 0.25) is 0 Å². The maximum absolute atomic E-state index is 13.1. The fourth-order valence-corrected chi connectivity index (χ4v) is 3.23. The van der Waals surface area contributed by atoms with Crippen molar-refractivity contribution in [1.29, 1.82) is 0 Å². The van der Waals surface area contributed by atoms with E-state index in [1.54, 1.807) is 11.8 Å². The monoisotopic (exact) mass is 397 g/mol. The zero-order chi connectivity index (χ0) is 21.1. The zero-order valence-corrected chi connectivity index (χ0v) is 17.2. The molecule has 1 N–H and O–H groups in total. The number of anilines is 1. The normalized spacial score (nSPS) is 10.6. The highest BCUT2D eigenvalue weighted by molar-refractivity contribution is 6.04. The number of hydrogen-bond acceptors (Lipinski definition) is 3. The van der Waals surface area contributed by atoms with Gasteiger partial charge < -0.3 is 10.1 Å². The van der Waals surface area contributed by atoms with E-state index in [-0.39, 0.29) is 5.91 Å². The number of methoxy groups -OCH3 is 1. The van der Waals surface area contributed by atoms with Gasteiger partial charge in [0.05, 0.1) is 18.5 Å². The van der Waals surface area contributed by atoms with Crippen molar-refractivity contribution in [2.45, 2.75) is 13.8 Å². The molecule has 4 aromatic rings. The third-order valence-electron chi connectivity index (χ3n) is 4.88. The Morgan fingerprint density at radius 3 is 2.30 bits per heavy atom. The number of rotatable bonds is 5. The van der Waals surface area contributed by atoms with Crippen molar-refractivity contribution in [2.75, 3.05) is 12.4 Å². The van der Waals surface area contributed by atoms with Crippen LogP contribution in [0.3, 0.4) is 0 Å². The van der Waals surface area contributed by atoms with Gasteiger partial charge in [0, 0.05) is 11.3 Å². The lowest BCUT2D eigenvalue weighted by Gasteiger charge is -2.09. The molecule has 0 aliphatic carbocycles. The van der Waals surface area contributed by atoms with E-state index < -0.39 is 0 Å². The highest BCUT2D eigenvalue weighted by Gasteiger charge is 2.18. The average Bonchev–Trinajstić information content (AvgIpc) is 3.21. The highest BCUT2D eigenvalue weighted by Crippen LogP contribution is 2.25. The molecular weight excluding hydrogens is 374 g/mol. The predicted molar refractivity (Wildman–Crippen MR) is 119 cm³/mol. The van der Waals surface area contributed by atoms with Gasteiger partial charge in [0.1, 0.15) is 11.4 Å². The number of hydrogen-bond donors (Lipinski definition) is 1. The van der Waals surface area contributed by atoms with Crippen LogP contribution in [-0.2, 0) is 0 Å². The van der Waals surface area contributed by atoms with Crippen LogP contribution < -0.4 is 10.1 Å². The van der Waals surface area contributed by atoms with Gasteiger partial charge in [0.25, 0.3) is 5.91 Å². The molecule has 0 unspecified atom stereocenters. The third-order valence-corrected chi connectivity index (χ3v) is 4.88. The second-order valence-corrected chi connectivity index (χ2v) is 7.21. The van der Waals surface area contributed by atoms with E-state index in [0.29, 0.717) is 11.4 Å². The molecule has 5 heteroatoms. The summed E-state index contributed by atoms with van der Waals surface area (Å²) in [5, 5.41) is 7.71. The van der Waals surface area contributed by atoms with Gasteiger partial charge in [-0.3, -0.25) is 4.79 Å². The molecule has 0 saturated heterocycles. The molecule has 0 bridgehead atoms. The lowest BCUT2D eigenvalue weighted by molar-refractivity contribution is 0.101. The van der Waals surface area contributed by atoms with Gasteiger partial charge in [-0.1, -0.05) is 29.8 Å². The predicted octanol–water partition coefficient (Wildman–Crippen LogP) is 5.42. The molecule has 0 radical (unpaired) electrons. The van der Waals surface area contributed by atoms with Gasteiger partial charge in [-0.25, -0.2) is 4.68 Å². The smallest absolute Gasteiger partial charge is 0.274 e. The minimum Gasteiger partial charge on any atom is -0.497 e. The van der Waals surface area contributed by atoms with Gasteiger partial charge in [-0.05, 0) is 74.0 Å². The summed E-state index contributed by atoms with van der Waals surface area (Å²) in [6.07, 6.45) is 0. The molecule has 0 aliphatic heterocycles. The molecule has 0 fully saturated rings. The van der Waals surface area contributed by atoms with Crippen molar-refractivity contribution < 1.29 is 9.53 Å². The number of benzene rings is 3. The van der Waals surface area contributed by atoms with Crippen LogP contribution in [-0.4, -0.2) is 22.8 Å². The van der Waals surface area contributed by atoms with Crippen LogP contribution in [0.15, 0.2) is 78.9 Å². The molecule has 4 rings (SSSR count). The van der Waals surface area contributed by atoms with Gasteiger partial charge in [-0.15, -0.1) is 0 Å². The number of aryl methyl sites for hydroxylation is 2. The standard InChI is InChI=1S/C25H23N3O2/c1-17-7-11-20(12-8-17)26-25(29)24-16-23(19-9-13-22(30-3)14-10-19)27-28(24)21-6-4-5-18(2)15-21/h4-16H,1-3H3,(H,26,29). The second kappa shape index (κ2) is 8.25. The molecule has 1 heterocycles. The molecular formula is C25H23N3O2. The Balaban J connectivity index is 1.75. The van der Waals surface area contributed by atoms with Gasteiger partial charge >= 0.3 is 0 Å². The first-order chi connectivity index (χ1) is 14.5. The van der Waals surface area contributed by atoms with Crippen LogP contribution >= 0.6 is 0 Å². The molecule has 0 atom stereocenters. The number of carbonyl (C=O) groups is 1. The van der Waals surface area contributed by atoms with Crippen molar-refractivity contribution in [1.82, 2.24) is 9.78 Å². The molecule has 0 aliphatic rings. The van der Waals surface area contributed by atoms with Crippen LogP contribution in [0, 0.1) is 13.8 Å². The molecule has 1 aromatic heterocycles. The lowest BCUT2D eigenvalue weighted by Crippen LogP contribution is -2.17. The van der Waals surface area contributed by atoms with Crippen LogP contribution in [0.1, 0.15) is 21.6 Å². The van der Waals surface area contributed by atoms with Crippen molar-refractivity contribution in [2.24, 2.45) is 0 Å². The summed E-state index contributed by atoms with van der Waals surface area (Å²) in [6, 6.07) is 25.1. The Hall–Kier alpha value is -3.86. The first kappa shape index (κ1) is 19.5. The summed E-state index contributed by atoms with van der Waals surface area (Å²) in [6.45, 7) is 4.03. The lowest BCUT2D eigenvalue weighted by atomic mass is 10.1. The van der Waals surface area contributed by atoms with Crippen molar-refractivity contribution >= 4 is 11.6 Å². The molecule has 0 spiro atoms. The number of amides is 1. The topological polar surface area (TPSA) is 56.1 Å². The summed E-state index contributed by atoms with van der Waals surface area (Å²) in [7, 11) is 1.63. The average molecular weight is 397 g/mol. The zero-order valence-electron chi connectivity index (χ0n) is 17.2. The Morgan fingerprint density at radius 1 is 0.900 bits per heavy atom. The van der Waals surface area contributed by atoms with Crippen LogP contribution in [0.4, 0.5) is 5.69 Å². The molecule has 150 valence electrons. The van der Waals surface area contributed by atoms with E-state index in [2.05, 4.69) is 5.32 Å². The molecule has 1 amide bonds. The van der Waals surface area contributed by atoms with E-state index >= 15 is 0 Å². The maximum atomic E-state index is 13.1. The summed E-state index contributed by atoms with van der Waals surface area (Å²) in [4.78, 5) is 13.1. The van der Waals surface area contributed by atoms with Crippen molar-refractivity contribution in [3.63, 3.8) is 0 Å². The Bertz CT molecular complexity index is 1180. The maximum Gasteiger partial charge on any atom is 0.274 e. The number of aromatic nitrogens is 2. The summed E-state index contributed by atoms with van der Waals surface area (Å²) >= 11 is 0. The van der Waals surface area contributed by atoms with E-state index in [1.807, 2.05) is 92.7 Å². The quantitative estimate of drug-likeness (QED) is 0.489. The SMILES string of the molecule is COc1ccc(-c2cc(C(=O)Nc3ccc(C)cc3)n(-c3cccc(C)c3)n2)cc1. The highest BCUT2D eigenvalue weighted by atomic mass is 16.5. The number of nitrogens with one attached hydrogen (secondary N) is 1. The van der Waals surface area contributed by atoms with Gasteiger partial charge in [0.15, 0.2) is 0 Å². The Kier molecular flexibility index (Phi) is 5.35. The summed E-state index contributed by atoms with van der Waals surface area (Å²) in [5.41, 5.74) is 5.91. The van der Waals surface area contributed by atoms with E-state index in [4.69, 9.17) is 9.84 Å². The van der Waals surface area contributed by atoms with Crippen LogP contribution in [0.2, 0.25) is 0 Å². The fourth-order valence-electron chi connectivity index (χ4n) is 3.23. The Morgan fingerprint density at radius 2 is 1.63 bits per heavy atom. The number of carbonyl (C=O) groups excluding carboxylic acids is 1.